The zero-order valence-electron chi connectivity index (χ0n) is 10.6. The molecule has 1 rings (SSSR count). The Bertz CT molecular complexity index is 278. The van der Waals surface area contributed by atoms with Crippen molar-refractivity contribution in [3.8, 4) is 0 Å². The monoisotopic (exact) mass is 226 g/mol. The van der Waals surface area contributed by atoms with Crippen LogP contribution in [0.5, 0.6) is 0 Å². The summed E-state index contributed by atoms with van der Waals surface area (Å²) in [5.41, 5.74) is 0. The van der Waals surface area contributed by atoms with Crippen molar-refractivity contribution in [3.63, 3.8) is 0 Å². The van der Waals surface area contributed by atoms with Crippen LogP contribution in [-0.4, -0.2) is 35.3 Å². The van der Waals surface area contributed by atoms with Crippen molar-refractivity contribution in [1.82, 2.24) is 10.2 Å². The first-order chi connectivity index (χ1) is 7.47. The van der Waals surface area contributed by atoms with E-state index in [1.807, 2.05) is 4.90 Å². The topological polar surface area (TPSA) is 49.4 Å². The van der Waals surface area contributed by atoms with Crippen LogP contribution in [0.25, 0.3) is 0 Å². The first kappa shape index (κ1) is 13.0. The van der Waals surface area contributed by atoms with Crippen LogP contribution in [0.1, 0.15) is 40.5 Å². The molecule has 0 aromatic rings. The molecule has 0 aromatic carbocycles. The summed E-state index contributed by atoms with van der Waals surface area (Å²) in [4.78, 5) is 25.3. The largest absolute Gasteiger partial charge is 0.345 e. The van der Waals surface area contributed by atoms with Gasteiger partial charge in [0.2, 0.25) is 11.8 Å². The quantitative estimate of drug-likeness (QED) is 0.785. The number of carbonyl (C=O) groups excluding carboxylic acids is 2. The third kappa shape index (κ3) is 2.74. The van der Waals surface area contributed by atoms with Crippen LogP contribution in [0.15, 0.2) is 0 Å². The van der Waals surface area contributed by atoms with Crippen molar-refractivity contribution < 1.29 is 9.59 Å². The first-order valence-electron chi connectivity index (χ1n) is 6.07. The maximum absolute atomic E-state index is 12.1. The van der Waals surface area contributed by atoms with E-state index >= 15 is 0 Å². The molecule has 3 atom stereocenters. The standard InChI is InChI=1S/C12H22N2O2/c1-5-8(2)10(4)14-7-6-11(15)13-9(3)12(14)16/h8-10H,5-7H2,1-4H3,(H,13,15). The number of amides is 2. The lowest BCUT2D eigenvalue weighted by Gasteiger charge is -2.32. The van der Waals surface area contributed by atoms with Gasteiger partial charge in [-0.25, -0.2) is 0 Å². The smallest absolute Gasteiger partial charge is 0.245 e. The highest BCUT2D eigenvalue weighted by Gasteiger charge is 2.31. The van der Waals surface area contributed by atoms with E-state index < -0.39 is 0 Å². The highest BCUT2D eigenvalue weighted by molar-refractivity contribution is 5.89. The van der Waals surface area contributed by atoms with E-state index in [9.17, 15) is 9.59 Å². The first-order valence-corrected chi connectivity index (χ1v) is 6.07. The van der Waals surface area contributed by atoms with E-state index in [1.54, 1.807) is 6.92 Å². The van der Waals surface area contributed by atoms with E-state index in [0.29, 0.717) is 18.9 Å². The van der Waals surface area contributed by atoms with Gasteiger partial charge in [0.25, 0.3) is 0 Å². The molecule has 1 aliphatic heterocycles. The highest BCUT2D eigenvalue weighted by atomic mass is 16.2. The summed E-state index contributed by atoms with van der Waals surface area (Å²) >= 11 is 0. The summed E-state index contributed by atoms with van der Waals surface area (Å²) in [5.74, 6) is 0.475. The van der Waals surface area contributed by atoms with Gasteiger partial charge in [0.1, 0.15) is 6.04 Å². The van der Waals surface area contributed by atoms with Gasteiger partial charge < -0.3 is 10.2 Å². The number of nitrogens with one attached hydrogen (secondary N) is 1. The third-order valence-electron chi connectivity index (χ3n) is 3.57. The molecule has 0 aromatic heterocycles. The van der Waals surface area contributed by atoms with E-state index in [-0.39, 0.29) is 23.9 Å². The Kier molecular flexibility index (Phi) is 4.33. The van der Waals surface area contributed by atoms with Gasteiger partial charge in [-0.1, -0.05) is 20.3 Å². The number of rotatable bonds is 3. The molecule has 1 N–H and O–H groups in total. The van der Waals surface area contributed by atoms with Gasteiger partial charge in [-0.3, -0.25) is 9.59 Å². The minimum absolute atomic E-state index is 0.0281. The van der Waals surface area contributed by atoms with Crippen molar-refractivity contribution in [1.29, 1.82) is 0 Å². The van der Waals surface area contributed by atoms with Gasteiger partial charge >= 0.3 is 0 Å². The summed E-state index contributed by atoms with van der Waals surface area (Å²) < 4.78 is 0. The maximum atomic E-state index is 12.1. The molecule has 92 valence electrons. The molecule has 16 heavy (non-hydrogen) atoms. The summed E-state index contributed by atoms with van der Waals surface area (Å²) in [7, 11) is 0. The average molecular weight is 226 g/mol. The average Bonchev–Trinajstić information content (AvgIpc) is 2.38. The Labute approximate surface area is 97.4 Å². The Balaban J connectivity index is 2.78. The fraction of sp³-hybridized carbons (Fsp3) is 0.833. The highest BCUT2D eigenvalue weighted by Crippen LogP contribution is 2.17. The molecular formula is C12H22N2O2. The van der Waals surface area contributed by atoms with Crippen LogP contribution < -0.4 is 5.32 Å². The molecule has 4 heteroatoms. The predicted molar refractivity (Wildman–Crippen MR) is 62.9 cm³/mol. The fourth-order valence-electron chi connectivity index (χ4n) is 2.01. The molecule has 4 nitrogen and oxygen atoms in total. The van der Waals surface area contributed by atoms with Gasteiger partial charge in [0.05, 0.1) is 0 Å². The SMILES string of the molecule is CCC(C)C(C)N1CCC(=O)NC(C)C1=O. The Hall–Kier alpha value is -1.06. The van der Waals surface area contributed by atoms with Crippen LogP contribution in [0.3, 0.4) is 0 Å². The lowest BCUT2D eigenvalue weighted by molar-refractivity contribution is -0.135. The van der Waals surface area contributed by atoms with Gasteiger partial charge in [-0.2, -0.15) is 0 Å². The summed E-state index contributed by atoms with van der Waals surface area (Å²) in [5, 5.41) is 2.70. The van der Waals surface area contributed by atoms with E-state index in [0.717, 1.165) is 6.42 Å². The second-order valence-corrected chi connectivity index (χ2v) is 4.70. The second kappa shape index (κ2) is 5.32. The molecule has 1 heterocycles. The molecule has 3 unspecified atom stereocenters. The van der Waals surface area contributed by atoms with Gasteiger partial charge in [0, 0.05) is 19.0 Å². The van der Waals surface area contributed by atoms with Gasteiger partial charge in [0.15, 0.2) is 0 Å². The number of nitrogens with zero attached hydrogens (tertiary/aromatic N) is 1. The van der Waals surface area contributed by atoms with Crippen LogP contribution >= 0.6 is 0 Å². The molecular weight excluding hydrogens is 204 g/mol. The van der Waals surface area contributed by atoms with Gasteiger partial charge in [-0.15, -0.1) is 0 Å². The van der Waals surface area contributed by atoms with E-state index in [2.05, 4.69) is 26.1 Å². The molecule has 0 saturated carbocycles. The Morgan fingerprint density at radius 2 is 2.06 bits per heavy atom. The molecule has 1 saturated heterocycles. The fourth-order valence-corrected chi connectivity index (χ4v) is 2.01. The molecule has 0 radical (unpaired) electrons. The van der Waals surface area contributed by atoms with Crippen LogP contribution in [0, 0.1) is 5.92 Å². The lowest BCUT2D eigenvalue weighted by atomic mass is 9.98. The molecule has 2 amide bonds. The molecule has 0 spiro atoms. The molecule has 1 aliphatic rings. The predicted octanol–water partition coefficient (Wildman–Crippen LogP) is 1.16. The van der Waals surface area contributed by atoms with E-state index in [1.165, 1.54) is 0 Å². The second-order valence-electron chi connectivity index (χ2n) is 4.70. The zero-order valence-corrected chi connectivity index (χ0v) is 10.6. The molecule has 0 aliphatic carbocycles. The molecule has 1 fully saturated rings. The minimum Gasteiger partial charge on any atom is -0.345 e. The van der Waals surface area contributed by atoms with Crippen LogP contribution in [0.4, 0.5) is 0 Å². The number of hydrogen-bond donors (Lipinski definition) is 1. The van der Waals surface area contributed by atoms with E-state index in [4.69, 9.17) is 0 Å². The van der Waals surface area contributed by atoms with Crippen LogP contribution in [0.2, 0.25) is 0 Å². The third-order valence-corrected chi connectivity index (χ3v) is 3.57. The number of carbonyl (C=O) groups is 2. The molecule has 0 bridgehead atoms. The van der Waals surface area contributed by atoms with Crippen molar-refractivity contribution in [2.24, 2.45) is 5.92 Å². The van der Waals surface area contributed by atoms with Crippen LogP contribution in [-0.2, 0) is 9.59 Å². The maximum Gasteiger partial charge on any atom is 0.245 e. The Morgan fingerprint density at radius 3 is 2.62 bits per heavy atom. The summed E-state index contributed by atoms with van der Waals surface area (Å²) in [6.45, 7) is 8.62. The summed E-state index contributed by atoms with van der Waals surface area (Å²) in [6.07, 6.45) is 1.46. The Morgan fingerprint density at radius 1 is 1.44 bits per heavy atom. The lowest BCUT2D eigenvalue weighted by Crippen LogP contribution is -2.48. The summed E-state index contributed by atoms with van der Waals surface area (Å²) in [6, 6.07) is -0.186. The van der Waals surface area contributed by atoms with Crippen molar-refractivity contribution in [2.75, 3.05) is 6.54 Å². The minimum atomic E-state index is -0.387. The van der Waals surface area contributed by atoms with Crippen molar-refractivity contribution >= 4 is 11.8 Å². The van der Waals surface area contributed by atoms with Gasteiger partial charge in [-0.05, 0) is 19.8 Å². The van der Waals surface area contributed by atoms with Crippen molar-refractivity contribution in [3.05, 3.63) is 0 Å². The zero-order chi connectivity index (χ0) is 12.3. The van der Waals surface area contributed by atoms with Crippen molar-refractivity contribution in [2.45, 2.75) is 52.6 Å². The number of hydrogen-bond acceptors (Lipinski definition) is 2. The normalized spacial score (nSPS) is 26.0.